The fourth-order valence-corrected chi connectivity index (χ4v) is 1.88. The number of nitrogens with two attached hydrogens (primary N) is 1. The molecule has 104 valence electrons. The molecular weight excluding hydrogens is 278 g/mol. The van der Waals surface area contributed by atoms with Crippen molar-refractivity contribution < 1.29 is 14.3 Å². The number of rotatable bonds is 5. The molecular formula is C15H14ClNO3. The van der Waals surface area contributed by atoms with Crippen LogP contribution < -0.4 is 15.2 Å². The zero-order chi connectivity index (χ0) is 14.5. The van der Waals surface area contributed by atoms with Crippen molar-refractivity contribution in [2.75, 3.05) is 12.8 Å². The average molecular weight is 292 g/mol. The Labute approximate surface area is 122 Å². The highest BCUT2D eigenvalue weighted by Gasteiger charge is 2.11. The van der Waals surface area contributed by atoms with Gasteiger partial charge in [0.2, 0.25) is 0 Å². The minimum Gasteiger partial charge on any atom is -0.493 e. The first kappa shape index (κ1) is 14.2. The van der Waals surface area contributed by atoms with Gasteiger partial charge in [-0.3, -0.25) is 4.79 Å². The lowest BCUT2D eigenvalue weighted by Gasteiger charge is -2.13. The normalized spacial score (nSPS) is 10.1. The Balaban J connectivity index is 2.20. The molecule has 0 aliphatic carbocycles. The third-order valence-corrected chi connectivity index (χ3v) is 3.01. The third kappa shape index (κ3) is 3.22. The molecule has 0 unspecified atom stereocenters. The third-order valence-electron chi connectivity index (χ3n) is 2.76. The van der Waals surface area contributed by atoms with Crippen molar-refractivity contribution in [3.63, 3.8) is 0 Å². The van der Waals surface area contributed by atoms with Gasteiger partial charge in [0.1, 0.15) is 12.9 Å². The average Bonchev–Trinajstić information content (AvgIpc) is 2.47. The molecule has 5 heteroatoms. The number of ether oxygens (including phenoxy) is 2. The van der Waals surface area contributed by atoms with E-state index in [4.69, 9.17) is 26.8 Å². The Morgan fingerprint density at radius 2 is 1.95 bits per heavy atom. The second-order valence-corrected chi connectivity index (χ2v) is 4.61. The molecule has 4 nitrogen and oxygen atoms in total. The maximum atomic E-state index is 10.8. The minimum absolute atomic E-state index is 0.332. The van der Waals surface area contributed by atoms with E-state index >= 15 is 0 Å². The lowest BCUT2D eigenvalue weighted by Crippen LogP contribution is -2.02. The number of methoxy groups -OCH3 is 1. The van der Waals surface area contributed by atoms with Crippen molar-refractivity contribution >= 4 is 23.6 Å². The summed E-state index contributed by atoms with van der Waals surface area (Å²) in [5.74, 6) is 0.856. The number of carbonyl (C=O) groups excluding carboxylic acids is 1. The molecule has 0 aromatic heterocycles. The Morgan fingerprint density at radius 3 is 2.55 bits per heavy atom. The second kappa shape index (κ2) is 6.30. The molecule has 0 saturated heterocycles. The number of anilines is 1. The fraction of sp³-hybridized carbons (Fsp3) is 0.133. The topological polar surface area (TPSA) is 61.5 Å². The molecule has 0 heterocycles. The molecule has 2 N–H and O–H groups in total. The van der Waals surface area contributed by atoms with Gasteiger partial charge < -0.3 is 15.2 Å². The van der Waals surface area contributed by atoms with Gasteiger partial charge in [-0.1, -0.05) is 23.7 Å². The molecule has 2 rings (SSSR count). The van der Waals surface area contributed by atoms with Crippen molar-refractivity contribution in [2.24, 2.45) is 0 Å². The predicted octanol–water partition coefficient (Wildman–Crippen LogP) is 3.32. The lowest BCUT2D eigenvalue weighted by atomic mass is 10.2. The summed E-state index contributed by atoms with van der Waals surface area (Å²) < 4.78 is 10.9. The summed E-state index contributed by atoms with van der Waals surface area (Å²) in [6.45, 7) is 0.332. The number of hydrogen-bond donors (Lipinski definition) is 1. The van der Waals surface area contributed by atoms with Gasteiger partial charge in [0.25, 0.3) is 0 Å². The van der Waals surface area contributed by atoms with Crippen LogP contribution in [0.3, 0.4) is 0 Å². The van der Waals surface area contributed by atoms with E-state index in [2.05, 4.69) is 0 Å². The number of benzene rings is 2. The Bertz CT molecular complexity index is 611. The largest absolute Gasteiger partial charge is 0.493 e. The van der Waals surface area contributed by atoms with E-state index in [1.807, 2.05) is 12.1 Å². The molecule has 0 fully saturated rings. The number of nitrogen functional groups attached to an aromatic ring is 1. The standard InChI is InChI=1S/C15H14ClNO3/c1-19-14-7-11(8-18)6-13(17)15(14)20-9-10-2-4-12(16)5-3-10/h2-8H,9,17H2,1H3. The molecule has 0 aliphatic heterocycles. The first-order chi connectivity index (χ1) is 9.63. The van der Waals surface area contributed by atoms with Gasteiger partial charge in [-0.2, -0.15) is 0 Å². The van der Waals surface area contributed by atoms with Crippen LogP contribution in [0.25, 0.3) is 0 Å². The van der Waals surface area contributed by atoms with Crippen LogP contribution in [0.5, 0.6) is 11.5 Å². The summed E-state index contributed by atoms with van der Waals surface area (Å²) in [7, 11) is 1.50. The first-order valence-corrected chi connectivity index (χ1v) is 6.31. The van der Waals surface area contributed by atoms with Gasteiger partial charge in [0.15, 0.2) is 11.5 Å². The highest BCUT2D eigenvalue weighted by atomic mass is 35.5. The molecule has 0 aliphatic rings. The Hall–Kier alpha value is -2.20. The van der Waals surface area contributed by atoms with E-state index in [1.54, 1.807) is 24.3 Å². The molecule has 20 heavy (non-hydrogen) atoms. The van der Waals surface area contributed by atoms with E-state index in [0.29, 0.717) is 40.7 Å². The monoisotopic (exact) mass is 291 g/mol. The summed E-state index contributed by atoms with van der Waals surface area (Å²) in [5.41, 5.74) is 7.63. The van der Waals surface area contributed by atoms with Gasteiger partial charge in [-0.15, -0.1) is 0 Å². The smallest absolute Gasteiger partial charge is 0.184 e. The molecule has 0 saturated carbocycles. The zero-order valence-electron chi connectivity index (χ0n) is 10.9. The molecule has 2 aromatic rings. The fourth-order valence-electron chi connectivity index (χ4n) is 1.76. The van der Waals surface area contributed by atoms with Gasteiger partial charge in [0, 0.05) is 10.6 Å². The van der Waals surface area contributed by atoms with Crippen LogP contribution in [0.2, 0.25) is 5.02 Å². The molecule has 0 spiro atoms. The number of carbonyl (C=O) groups is 1. The number of halogens is 1. The van der Waals surface area contributed by atoms with E-state index in [9.17, 15) is 4.79 Å². The maximum absolute atomic E-state index is 10.8. The SMILES string of the molecule is COc1cc(C=O)cc(N)c1OCc1ccc(Cl)cc1. The summed E-state index contributed by atoms with van der Waals surface area (Å²) in [5, 5.41) is 0.668. The Morgan fingerprint density at radius 1 is 1.25 bits per heavy atom. The van der Waals surface area contributed by atoms with Crippen LogP contribution in [-0.4, -0.2) is 13.4 Å². The van der Waals surface area contributed by atoms with Gasteiger partial charge in [-0.25, -0.2) is 0 Å². The van der Waals surface area contributed by atoms with Crippen LogP contribution >= 0.6 is 11.6 Å². The van der Waals surface area contributed by atoms with Crippen molar-refractivity contribution in [3.8, 4) is 11.5 Å². The van der Waals surface area contributed by atoms with Gasteiger partial charge >= 0.3 is 0 Å². The molecule has 2 aromatic carbocycles. The van der Waals surface area contributed by atoms with Gasteiger partial charge in [0.05, 0.1) is 12.8 Å². The summed E-state index contributed by atoms with van der Waals surface area (Å²) in [6, 6.07) is 10.4. The van der Waals surface area contributed by atoms with E-state index < -0.39 is 0 Å². The van der Waals surface area contributed by atoms with E-state index in [1.165, 1.54) is 7.11 Å². The molecule has 0 amide bonds. The molecule has 0 radical (unpaired) electrons. The summed E-state index contributed by atoms with van der Waals surface area (Å²) in [6.07, 6.45) is 0.710. The van der Waals surface area contributed by atoms with Crippen LogP contribution in [-0.2, 0) is 6.61 Å². The van der Waals surface area contributed by atoms with Crippen LogP contribution in [0, 0.1) is 0 Å². The highest BCUT2D eigenvalue weighted by molar-refractivity contribution is 6.30. The Kier molecular flexibility index (Phi) is 4.48. The predicted molar refractivity (Wildman–Crippen MR) is 78.6 cm³/mol. The van der Waals surface area contributed by atoms with Crippen molar-refractivity contribution in [1.29, 1.82) is 0 Å². The van der Waals surface area contributed by atoms with Crippen LogP contribution in [0.15, 0.2) is 36.4 Å². The molecule has 0 atom stereocenters. The first-order valence-electron chi connectivity index (χ1n) is 5.94. The number of aldehydes is 1. The van der Waals surface area contributed by atoms with Crippen molar-refractivity contribution in [1.82, 2.24) is 0 Å². The lowest BCUT2D eigenvalue weighted by molar-refractivity contribution is 0.112. The summed E-state index contributed by atoms with van der Waals surface area (Å²) >= 11 is 5.82. The van der Waals surface area contributed by atoms with Crippen LogP contribution in [0.4, 0.5) is 5.69 Å². The van der Waals surface area contributed by atoms with Crippen LogP contribution in [0.1, 0.15) is 15.9 Å². The van der Waals surface area contributed by atoms with E-state index in [0.717, 1.165) is 5.56 Å². The van der Waals surface area contributed by atoms with Gasteiger partial charge in [-0.05, 0) is 29.8 Å². The highest BCUT2D eigenvalue weighted by Crippen LogP contribution is 2.35. The molecule has 0 bridgehead atoms. The number of hydrogen-bond acceptors (Lipinski definition) is 4. The maximum Gasteiger partial charge on any atom is 0.184 e. The quantitative estimate of drug-likeness (QED) is 0.678. The zero-order valence-corrected chi connectivity index (χ0v) is 11.7. The van der Waals surface area contributed by atoms with Crippen molar-refractivity contribution in [2.45, 2.75) is 6.61 Å². The van der Waals surface area contributed by atoms with Crippen molar-refractivity contribution in [3.05, 3.63) is 52.5 Å². The second-order valence-electron chi connectivity index (χ2n) is 4.17. The van der Waals surface area contributed by atoms with E-state index in [-0.39, 0.29) is 0 Å². The minimum atomic E-state index is 0.332. The summed E-state index contributed by atoms with van der Waals surface area (Å²) in [4.78, 5) is 10.8.